The topological polar surface area (TPSA) is 30.4 Å². The van der Waals surface area contributed by atoms with Gasteiger partial charge in [0.25, 0.3) is 0 Å². The van der Waals surface area contributed by atoms with Crippen LogP contribution in [-0.4, -0.2) is 21.8 Å². The maximum Gasteiger partial charge on any atom is 0.0958 e. The van der Waals surface area contributed by atoms with Crippen molar-refractivity contribution < 1.29 is 4.74 Å². The van der Waals surface area contributed by atoms with Gasteiger partial charge in [0.15, 0.2) is 0 Å². The predicted molar refractivity (Wildman–Crippen MR) is 80.1 cm³/mol. The normalized spacial score (nSPS) is 35.0. The lowest BCUT2D eigenvalue weighted by atomic mass is 9.81. The van der Waals surface area contributed by atoms with E-state index < -0.39 is 0 Å². The van der Waals surface area contributed by atoms with Crippen LogP contribution in [0.1, 0.15) is 44.0 Å². The van der Waals surface area contributed by atoms with E-state index in [1.165, 1.54) is 31.4 Å². The first-order valence-corrected chi connectivity index (χ1v) is 7.80. The first-order chi connectivity index (χ1) is 9.74. The van der Waals surface area contributed by atoms with E-state index in [9.17, 15) is 0 Å². The van der Waals surface area contributed by atoms with E-state index in [1.807, 2.05) is 6.33 Å². The van der Waals surface area contributed by atoms with Gasteiger partial charge in [-0.05, 0) is 43.3 Å². The van der Waals surface area contributed by atoms with Crippen molar-refractivity contribution in [1.29, 1.82) is 0 Å². The molecule has 1 aromatic heterocycles. The molecule has 0 amide bonds. The Labute approximate surface area is 120 Å². The van der Waals surface area contributed by atoms with Crippen LogP contribution in [0.4, 0.5) is 0 Å². The minimum atomic E-state index is 0.269. The maximum atomic E-state index is 5.68. The molecule has 1 spiro atoms. The number of epoxide rings is 1. The Morgan fingerprint density at radius 3 is 3.10 bits per heavy atom. The second kappa shape index (κ2) is 4.59. The Hall–Kier alpha value is -1.35. The van der Waals surface area contributed by atoms with Crippen molar-refractivity contribution in [1.82, 2.24) is 9.55 Å². The second-order valence-corrected chi connectivity index (χ2v) is 6.68. The molecule has 2 fully saturated rings. The van der Waals surface area contributed by atoms with Crippen LogP contribution in [-0.2, 0) is 11.3 Å². The number of ether oxygens (including phenoxy) is 1. The summed E-state index contributed by atoms with van der Waals surface area (Å²) in [4.78, 5) is 4.56. The Kier molecular flexibility index (Phi) is 2.84. The number of allylic oxidation sites excluding steroid dienone is 2. The number of rotatable bonds is 2. The lowest BCUT2D eigenvalue weighted by molar-refractivity contribution is 0.178. The summed E-state index contributed by atoms with van der Waals surface area (Å²) in [6.07, 6.45) is 16.0. The van der Waals surface area contributed by atoms with Crippen LogP contribution in [0.25, 0.3) is 12.2 Å². The number of imidazole rings is 1. The van der Waals surface area contributed by atoms with E-state index in [0.29, 0.717) is 5.92 Å². The van der Waals surface area contributed by atoms with Crippen molar-refractivity contribution in [2.24, 2.45) is 11.8 Å². The van der Waals surface area contributed by atoms with Gasteiger partial charge in [0, 0.05) is 6.54 Å². The fourth-order valence-electron chi connectivity index (χ4n) is 3.65. The minimum absolute atomic E-state index is 0.269. The molecular formula is C17H22N2O. The van der Waals surface area contributed by atoms with E-state index >= 15 is 0 Å². The van der Waals surface area contributed by atoms with Crippen LogP contribution in [0.2, 0.25) is 0 Å². The molecule has 1 saturated carbocycles. The molecule has 4 rings (SSSR count). The Morgan fingerprint density at radius 2 is 2.25 bits per heavy atom. The van der Waals surface area contributed by atoms with Gasteiger partial charge in [0.05, 0.1) is 29.9 Å². The van der Waals surface area contributed by atoms with Gasteiger partial charge in [-0.25, -0.2) is 4.98 Å². The number of hydrogen-bond donors (Lipinski definition) is 0. The molecule has 1 saturated heterocycles. The molecule has 0 aromatic carbocycles. The largest absolute Gasteiger partial charge is 0.370 e. The van der Waals surface area contributed by atoms with Crippen molar-refractivity contribution in [2.75, 3.05) is 6.61 Å². The zero-order valence-electron chi connectivity index (χ0n) is 12.1. The van der Waals surface area contributed by atoms with Crippen LogP contribution in [0.3, 0.4) is 0 Å². The van der Waals surface area contributed by atoms with Crippen LogP contribution in [0.5, 0.6) is 0 Å². The molecule has 3 atom stereocenters. The van der Waals surface area contributed by atoms with Gasteiger partial charge >= 0.3 is 0 Å². The zero-order chi connectivity index (χ0) is 13.6. The van der Waals surface area contributed by atoms with Crippen molar-refractivity contribution in [3.8, 4) is 0 Å². The highest BCUT2D eigenvalue weighted by atomic mass is 16.6. The Bertz CT molecular complexity index is 566. The quantitative estimate of drug-likeness (QED) is 0.770. The van der Waals surface area contributed by atoms with Crippen molar-refractivity contribution in [3.05, 3.63) is 29.9 Å². The SMILES string of the molecule is CC1C=Cc2ncn(CC3CCCC4(CO4)C3)c2C=C1. The third-order valence-corrected chi connectivity index (χ3v) is 4.94. The van der Waals surface area contributed by atoms with E-state index in [4.69, 9.17) is 4.74 Å². The molecule has 3 heteroatoms. The summed E-state index contributed by atoms with van der Waals surface area (Å²) in [7, 11) is 0. The summed E-state index contributed by atoms with van der Waals surface area (Å²) in [5.74, 6) is 1.23. The molecule has 1 aromatic rings. The standard InChI is InChI=1S/C17H22N2O/c1-13-4-6-15-16(7-5-13)19(12-18-15)10-14-3-2-8-17(9-14)11-20-17/h4-7,12-14H,2-3,8-11H2,1H3. The van der Waals surface area contributed by atoms with Crippen LogP contribution < -0.4 is 0 Å². The highest BCUT2D eigenvalue weighted by Gasteiger charge is 2.47. The number of hydrogen-bond acceptors (Lipinski definition) is 2. The summed E-state index contributed by atoms with van der Waals surface area (Å²) in [6.45, 7) is 4.28. The summed E-state index contributed by atoms with van der Waals surface area (Å²) >= 11 is 0. The maximum absolute atomic E-state index is 5.68. The molecule has 0 bridgehead atoms. The molecule has 1 aliphatic heterocycles. The molecule has 0 radical (unpaired) electrons. The monoisotopic (exact) mass is 270 g/mol. The first kappa shape index (κ1) is 12.4. The lowest BCUT2D eigenvalue weighted by Crippen LogP contribution is -2.26. The Balaban J connectivity index is 1.54. The fraction of sp³-hybridized carbons (Fsp3) is 0.588. The molecule has 3 nitrogen and oxygen atoms in total. The third-order valence-electron chi connectivity index (χ3n) is 4.94. The van der Waals surface area contributed by atoms with Gasteiger partial charge in [-0.3, -0.25) is 0 Å². The summed E-state index contributed by atoms with van der Waals surface area (Å²) < 4.78 is 8.02. The van der Waals surface area contributed by atoms with Gasteiger partial charge in [0.1, 0.15) is 0 Å². The number of nitrogens with zero attached hydrogens (tertiary/aromatic N) is 2. The molecular weight excluding hydrogens is 248 g/mol. The smallest absolute Gasteiger partial charge is 0.0958 e. The molecule has 2 heterocycles. The van der Waals surface area contributed by atoms with Crippen LogP contribution >= 0.6 is 0 Å². The van der Waals surface area contributed by atoms with Gasteiger partial charge in [0.2, 0.25) is 0 Å². The van der Waals surface area contributed by atoms with Crippen molar-refractivity contribution in [3.63, 3.8) is 0 Å². The van der Waals surface area contributed by atoms with Gasteiger partial charge in [-0.2, -0.15) is 0 Å². The molecule has 3 aliphatic rings. The number of fused-ring (bicyclic) bond motifs is 1. The van der Waals surface area contributed by atoms with E-state index in [1.54, 1.807) is 0 Å². The summed E-state index contributed by atoms with van der Waals surface area (Å²) in [5, 5.41) is 0. The first-order valence-electron chi connectivity index (χ1n) is 7.80. The van der Waals surface area contributed by atoms with E-state index in [0.717, 1.165) is 24.8 Å². The summed E-state index contributed by atoms with van der Waals surface area (Å²) in [6, 6.07) is 0. The highest BCUT2D eigenvalue weighted by Crippen LogP contribution is 2.44. The summed E-state index contributed by atoms with van der Waals surface area (Å²) in [5.41, 5.74) is 2.64. The third kappa shape index (κ3) is 2.24. The number of aromatic nitrogens is 2. The average molecular weight is 270 g/mol. The van der Waals surface area contributed by atoms with Gasteiger partial charge in [-0.1, -0.05) is 25.5 Å². The molecule has 106 valence electrons. The second-order valence-electron chi connectivity index (χ2n) is 6.68. The lowest BCUT2D eigenvalue weighted by Gasteiger charge is -2.27. The highest BCUT2D eigenvalue weighted by molar-refractivity contribution is 5.63. The van der Waals surface area contributed by atoms with Crippen LogP contribution in [0, 0.1) is 11.8 Å². The van der Waals surface area contributed by atoms with Crippen molar-refractivity contribution >= 4 is 12.2 Å². The van der Waals surface area contributed by atoms with E-state index in [-0.39, 0.29) is 5.60 Å². The van der Waals surface area contributed by atoms with Crippen LogP contribution in [0.15, 0.2) is 18.5 Å². The molecule has 3 unspecified atom stereocenters. The minimum Gasteiger partial charge on any atom is -0.370 e. The van der Waals surface area contributed by atoms with Gasteiger partial charge < -0.3 is 9.30 Å². The average Bonchev–Trinajstić information content (AvgIpc) is 3.11. The Morgan fingerprint density at radius 1 is 1.40 bits per heavy atom. The molecule has 0 N–H and O–H groups in total. The van der Waals surface area contributed by atoms with E-state index in [2.05, 4.69) is 40.8 Å². The molecule has 2 aliphatic carbocycles. The predicted octanol–water partition coefficient (Wildman–Crippen LogP) is 3.52. The van der Waals surface area contributed by atoms with Gasteiger partial charge in [-0.15, -0.1) is 0 Å². The molecule has 20 heavy (non-hydrogen) atoms. The van der Waals surface area contributed by atoms with Crippen molar-refractivity contribution in [2.45, 2.75) is 44.8 Å². The zero-order valence-corrected chi connectivity index (χ0v) is 12.1. The fourth-order valence-corrected chi connectivity index (χ4v) is 3.65.